The zero-order valence-electron chi connectivity index (χ0n) is 11.0. The molecule has 1 fully saturated rings. The SMILES string of the molecule is C=CCCCCC1CCC(CCCCC)N1. The normalized spacial score (nSPS) is 24.8. The van der Waals surface area contributed by atoms with Gasteiger partial charge in [-0.05, 0) is 38.5 Å². The van der Waals surface area contributed by atoms with E-state index in [2.05, 4.69) is 18.8 Å². The third-order valence-corrected chi connectivity index (χ3v) is 3.70. The van der Waals surface area contributed by atoms with Gasteiger partial charge in [-0.25, -0.2) is 0 Å². The second-order valence-electron chi connectivity index (χ2n) is 5.21. The van der Waals surface area contributed by atoms with Crippen LogP contribution < -0.4 is 5.32 Å². The summed E-state index contributed by atoms with van der Waals surface area (Å²) in [5.41, 5.74) is 0. The summed E-state index contributed by atoms with van der Waals surface area (Å²) in [4.78, 5) is 0. The highest BCUT2D eigenvalue weighted by molar-refractivity contribution is 4.83. The molecule has 0 spiro atoms. The lowest BCUT2D eigenvalue weighted by Crippen LogP contribution is -2.29. The second kappa shape index (κ2) is 8.81. The Hall–Kier alpha value is -0.300. The molecule has 1 nitrogen and oxygen atoms in total. The lowest BCUT2D eigenvalue weighted by molar-refractivity contribution is 0.463. The van der Waals surface area contributed by atoms with Crippen LogP contribution >= 0.6 is 0 Å². The molecule has 0 aromatic carbocycles. The quantitative estimate of drug-likeness (QED) is 0.450. The average molecular weight is 223 g/mol. The van der Waals surface area contributed by atoms with Crippen molar-refractivity contribution in [1.29, 1.82) is 0 Å². The smallest absolute Gasteiger partial charge is 0.00702 e. The van der Waals surface area contributed by atoms with Crippen LogP contribution in [-0.4, -0.2) is 12.1 Å². The van der Waals surface area contributed by atoms with Crippen LogP contribution in [0.25, 0.3) is 0 Å². The minimum absolute atomic E-state index is 0.816. The standard InChI is InChI=1S/C15H29N/c1-3-5-7-9-11-15-13-12-14(16-15)10-8-6-4-2/h3,14-16H,1,4-13H2,2H3. The van der Waals surface area contributed by atoms with Crippen molar-refractivity contribution in [2.24, 2.45) is 0 Å². The van der Waals surface area contributed by atoms with Gasteiger partial charge in [-0.15, -0.1) is 6.58 Å². The summed E-state index contributed by atoms with van der Waals surface area (Å²) in [6.07, 6.45) is 15.7. The summed E-state index contributed by atoms with van der Waals surface area (Å²) in [7, 11) is 0. The molecule has 16 heavy (non-hydrogen) atoms. The largest absolute Gasteiger partial charge is 0.311 e. The van der Waals surface area contributed by atoms with Gasteiger partial charge in [0, 0.05) is 12.1 Å². The number of nitrogens with one attached hydrogen (secondary N) is 1. The second-order valence-corrected chi connectivity index (χ2v) is 5.21. The Morgan fingerprint density at radius 3 is 2.25 bits per heavy atom. The minimum atomic E-state index is 0.816. The first-order valence-electron chi connectivity index (χ1n) is 7.23. The molecule has 0 radical (unpaired) electrons. The predicted octanol–water partition coefficient (Wildman–Crippen LogP) is 4.43. The van der Waals surface area contributed by atoms with E-state index >= 15 is 0 Å². The molecule has 1 aliphatic rings. The van der Waals surface area contributed by atoms with Gasteiger partial charge in [0.25, 0.3) is 0 Å². The first-order chi connectivity index (χ1) is 7.86. The maximum Gasteiger partial charge on any atom is 0.00702 e. The van der Waals surface area contributed by atoms with Gasteiger partial charge in [-0.3, -0.25) is 0 Å². The van der Waals surface area contributed by atoms with Crippen molar-refractivity contribution in [2.45, 2.75) is 83.2 Å². The van der Waals surface area contributed by atoms with Crippen molar-refractivity contribution in [3.63, 3.8) is 0 Å². The monoisotopic (exact) mass is 223 g/mol. The molecule has 0 aromatic rings. The van der Waals surface area contributed by atoms with Crippen molar-refractivity contribution in [3.05, 3.63) is 12.7 Å². The Bertz CT molecular complexity index is 176. The van der Waals surface area contributed by atoms with E-state index in [-0.39, 0.29) is 0 Å². The molecule has 2 unspecified atom stereocenters. The number of hydrogen-bond acceptors (Lipinski definition) is 1. The van der Waals surface area contributed by atoms with E-state index in [1.165, 1.54) is 64.2 Å². The van der Waals surface area contributed by atoms with Crippen LogP contribution in [0.4, 0.5) is 0 Å². The molecule has 1 heteroatoms. The van der Waals surface area contributed by atoms with Crippen molar-refractivity contribution in [1.82, 2.24) is 5.32 Å². The van der Waals surface area contributed by atoms with Crippen molar-refractivity contribution in [3.8, 4) is 0 Å². The van der Waals surface area contributed by atoms with Crippen LogP contribution in [0.3, 0.4) is 0 Å². The summed E-state index contributed by atoms with van der Waals surface area (Å²) in [5.74, 6) is 0. The molecule has 0 amide bonds. The molecule has 1 heterocycles. The van der Waals surface area contributed by atoms with Crippen LogP contribution in [0.1, 0.15) is 71.1 Å². The Balaban J connectivity index is 1.99. The number of allylic oxidation sites excluding steroid dienone is 1. The first kappa shape index (κ1) is 13.8. The Kier molecular flexibility index (Phi) is 7.58. The highest BCUT2D eigenvalue weighted by atomic mass is 15.0. The molecule has 0 saturated carbocycles. The molecule has 1 rings (SSSR count). The summed E-state index contributed by atoms with van der Waals surface area (Å²) in [6, 6.07) is 1.65. The molecule has 1 N–H and O–H groups in total. The molecule has 1 aliphatic heterocycles. The molecule has 0 bridgehead atoms. The van der Waals surface area contributed by atoms with E-state index in [9.17, 15) is 0 Å². The van der Waals surface area contributed by atoms with Crippen LogP contribution in [0.2, 0.25) is 0 Å². The topological polar surface area (TPSA) is 12.0 Å². The van der Waals surface area contributed by atoms with Gasteiger partial charge < -0.3 is 5.32 Å². The summed E-state index contributed by atoms with van der Waals surface area (Å²) < 4.78 is 0. The maximum absolute atomic E-state index is 3.80. The molecular formula is C15H29N. The van der Waals surface area contributed by atoms with Crippen molar-refractivity contribution >= 4 is 0 Å². The average Bonchev–Trinajstić information content (AvgIpc) is 2.73. The molecule has 94 valence electrons. The first-order valence-corrected chi connectivity index (χ1v) is 7.23. The predicted molar refractivity (Wildman–Crippen MR) is 72.8 cm³/mol. The Morgan fingerprint density at radius 2 is 1.69 bits per heavy atom. The van der Waals surface area contributed by atoms with Crippen molar-refractivity contribution < 1.29 is 0 Å². The van der Waals surface area contributed by atoms with E-state index in [4.69, 9.17) is 0 Å². The fraction of sp³-hybridized carbons (Fsp3) is 0.867. The van der Waals surface area contributed by atoms with Crippen molar-refractivity contribution in [2.75, 3.05) is 0 Å². The van der Waals surface area contributed by atoms with Gasteiger partial charge in [0.15, 0.2) is 0 Å². The molecule has 1 saturated heterocycles. The van der Waals surface area contributed by atoms with Gasteiger partial charge in [0.1, 0.15) is 0 Å². The lowest BCUT2D eigenvalue weighted by Gasteiger charge is -2.13. The maximum atomic E-state index is 3.80. The number of rotatable bonds is 9. The minimum Gasteiger partial charge on any atom is -0.311 e. The van der Waals surface area contributed by atoms with Gasteiger partial charge >= 0.3 is 0 Å². The molecule has 0 aromatic heterocycles. The van der Waals surface area contributed by atoms with E-state index < -0.39 is 0 Å². The van der Waals surface area contributed by atoms with Crippen LogP contribution in [0.5, 0.6) is 0 Å². The van der Waals surface area contributed by atoms with E-state index in [1.807, 2.05) is 6.08 Å². The summed E-state index contributed by atoms with van der Waals surface area (Å²) in [5, 5.41) is 3.80. The molecule has 2 atom stereocenters. The van der Waals surface area contributed by atoms with Gasteiger partial charge in [-0.1, -0.05) is 38.7 Å². The lowest BCUT2D eigenvalue weighted by atomic mass is 10.1. The Labute approximate surface area is 102 Å². The van der Waals surface area contributed by atoms with Gasteiger partial charge in [-0.2, -0.15) is 0 Å². The van der Waals surface area contributed by atoms with E-state index in [0.717, 1.165) is 12.1 Å². The van der Waals surface area contributed by atoms with Crippen LogP contribution in [0, 0.1) is 0 Å². The number of hydrogen-bond donors (Lipinski definition) is 1. The summed E-state index contributed by atoms with van der Waals surface area (Å²) >= 11 is 0. The summed E-state index contributed by atoms with van der Waals surface area (Å²) in [6.45, 7) is 6.05. The van der Waals surface area contributed by atoms with Crippen LogP contribution in [-0.2, 0) is 0 Å². The molecule has 0 aliphatic carbocycles. The Morgan fingerprint density at radius 1 is 1.06 bits per heavy atom. The van der Waals surface area contributed by atoms with E-state index in [0.29, 0.717) is 0 Å². The number of unbranched alkanes of at least 4 members (excludes halogenated alkanes) is 4. The zero-order valence-corrected chi connectivity index (χ0v) is 11.0. The highest BCUT2D eigenvalue weighted by Crippen LogP contribution is 2.21. The third kappa shape index (κ3) is 5.69. The zero-order chi connectivity index (χ0) is 11.6. The van der Waals surface area contributed by atoms with E-state index in [1.54, 1.807) is 0 Å². The third-order valence-electron chi connectivity index (χ3n) is 3.70. The van der Waals surface area contributed by atoms with Gasteiger partial charge in [0.05, 0.1) is 0 Å². The van der Waals surface area contributed by atoms with Crippen LogP contribution in [0.15, 0.2) is 12.7 Å². The van der Waals surface area contributed by atoms with Gasteiger partial charge in [0.2, 0.25) is 0 Å². The highest BCUT2D eigenvalue weighted by Gasteiger charge is 2.22. The molecular weight excluding hydrogens is 194 g/mol. The fourth-order valence-corrected chi connectivity index (χ4v) is 2.68. The fourth-order valence-electron chi connectivity index (χ4n) is 2.68.